The molecule has 4 nitrogen and oxygen atoms in total. The number of carbonyl (C=O) groups is 1. The van der Waals surface area contributed by atoms with Gasteiger partial charge in [0.1, 0.15) is 0 Å². The Morgan fingerprint density at radius 2 is 2.06 bits per heavy atom. The third kappa shape index (κ3) is 2.15. The van der Waals surface area contributed by atoms with Crippen molar-refractivity contribution in [2.75, 3.05) is 5.32 Å². The van der Waals surface area contributed by atoms with Crippen molar-refractivity contribution in [3.05, 3.63) is 24.3 Å². The van der Waals surface area contributed by atoms with E-state index in [-0.39, 0.29) is 5.95 Å². The van der Waals surface area contributed by atoms with Gasteiger partial charge in [-0.3, -0.25) is 10.1 Å². The summed E-state index contributed by atoms with van der Waals surface area (Å²) in [6.07, 6.45) is -4.92. The number of aromatic nitrogens is 2. The number of para-hydroxylation sites is 2. The number of aryl methyl sites for hydroxylation is 1. The van der Waals surface area contributed by atoms with Gasteiger partial charge in [0, 0.05) is 6.54 Å². The molecule has 1 N–H and O–H groups in total. The normalized spacial score (nSPS) is 11.8. The molecule has 0 spiro atoms. The van der Waals surface area contributed by atoms with Gasteiger partial charge < -0.3 is 4.57 Å². The molecule has 0 unspecified atom stereocenters. The molecule has 0 saturated carbocycles. The number of hydrogen-bond donors (Lipinski definition) is 1. The Kier molecular flexibility index (Phi) is 2.98. The van der Waals surface area contributed by atoms with Gasteiger partial charge in [-0.15, -0.1) is 0 Å². The molecule has 2 aromatic rings. The van der Waals surface area contributed by atoms with E-state index in [9.17, 15) is 18.0 Å². The van der Waals surface area contributed by atoms with Crippen molar-refractivity contribution in [1.82, 2.24) is 9.55 Å². The predicted molar refractivity (Wildman–Crippen MR) is 60.1 cm³/mol. The fraction of sp³-hybridized carbons (Fsp3) is 0.273. The molecule has 96 valence electrons. The highest BCUT2D eigenvalue weighted by atomic mass is 19.4. The molecule has 0 bridgehead atoms. The lowest BCUT2D eigenvalue weighted by molar-refractivity contribution is -0.167. The quantitative estimate of drug-likeness (QED) is 0.898. The molecule has 0 aliphatic carbocycles. The van der Waals surface area contributed by atoms with E-state index in [1.54, 1.807) is 36.5 Å². The second kappa shape index (κ2) is 4.32. The second-order valence-corrected chi connectivity index (χ2v) is 3.62. The summed E-state index contributed by atoms with van der Waals surface area (Å²) >= 11 is 0. The monoisotopic (exact) mass is 257 g/mol. The highest BCUT2D eigenvalue weighted by molar-refractivity contribution is 5.95. The van der Waals surface area contributed by atoms with E-state index in [2.05, 4.69) is 4.98 Å². The lowest BCUT2D eigenvalue weighted by Crippen LogP contribution is -2.31. The Labute approximate surface area is 100 Å². The van der Waals surface area contributed by atoms with E-state index in [0.29, 0.717) is 17.6 Å². The van der Waals surface area contributed by atoms with Crippen LogP contribution in [0.2, 0.25) is 0 Å². The summed E-state index contributed by atoms with van der Waals surface area (Å²) in [5.41, 5.74) is 1.22. The molecule has 1 amide bonds. The van der Waals surface area contributed by atoms with Crippen molar-refractivity contribution >= 4 is 22.9 Å². The minimum Gasteiger partial charge on any atom is -0.310 e. The molecule has 0 saturated heterocycles. The number of amides is 1. The van der Waals surface area contributed by atoms with Crippen molar-refractivity contribution in [3.8, 4) is 0 Å². The lowest BCUT2D eigenvalue weighted by Gasteiger charge is -2.09. The number of hydrogen-bond acceptors (Lipinski definition) is 2. The third-order valence-electron chi connectivity index (χ3n) is 2.45. The van der Waals surface area contributed by atoms with Gasteiger partial charge in [0.15, 0.2) is 0 Å². The molecule has 2 rings (SSSR count). The van der Waals surface area contributed by atoms with Gasteiger partial charge in [-0.2, -0.15) is 13.2 Å². The van der Waals surface area contributed by atoms with E-state index in [1.165, 1.54) is 4.57 Å². The van der Waals surface area contributed by atoms with Crippen molar-refractivity contribution < 1.29 is 18.0 Å². The summed E-state index contributed by atoms with van der Waals surface area (Å²) in [5.74, 6) is -2.12. The van der Waals surface area contributed by atoms with Crippen LogP contribution < -0.4 is 5.32 Å². The van der Waals surface area contributed by atoms with Crippen LogP contribution in [0.25, 0.3) is 11.0 Å². The predicted octanol–water partition coefficient (Wildman–Crippen LogP) is 2.56. The number of carbonyl (C=O) groups excluding carboxylic acids is 1. The van der Waals surface area contributed by atoms with E-state index >= 15 is 0 Å². The number of imidazole rings is 1. The smallest absolute Gasteiger partial charge is 0.310 e. The molecule has 0 aliphatic rings. The van der Waals surface area contributed by atoms with Gasteiger partial charge in [0.2, 0.25) is 5.95 Å². The van der Waals surface area contributed by atoms with Gasteiger partial charge >= 0.3 is 12.1 Å². The number of rotatable bonds is 2. The highest BCUT2D eigenvalue weighted by Gasteiger charge is 2.39. The third-order valence-corrected chi connectivity index (χ3v) is 2.45. The number of halogens is 3. The van der Waals surface area contributed by atoms with Gasteiger partial charge in [-0.1, -0.05) is 12.1 Å². The Morgan fingerprint density at radius 3 is 2.67 bits per heavy atom. The Bertz CT molecular complexity index is 589. The Hall–Kier alpha value is -2.05. The lowest BCUT2D eigenvalue weighted by atomic mass is 10.3. The number of benzene rings is 1. The number of nitrogens with zero attached hydrogens (tertiary/aromatic N) is 2. The van der Waals surface area contributed by atoms with Crippen molar-refractivity contribution in [1.29, 1.82) is 0 Å². The van der Waals surface area contributed by atoms with Gasteiger partial charge in [0.05, 0.1) is 11.0 Å². The summed E-state index contributed by atoms with van der Waals surface area (Å²) in [4.78, 5) is 14.9. The van der Waals surface area contributed by atoms with E-state index < -0.39 is 12.1 Å². The summed E-state index contributed by atoms with van der Waals surface area (Å²) in [6.45, 7) is 2.17. The first-order valence-corrected chi connectivity index (χ1v) is 5.27. The van der Waals surface area contributed by atoms with Gasteiger partial charge in [-0.25, -0.2) is 4.98 Å². The highest BCUT2D eigenvalue weighted by Crippen LogP contribution is 2.22. The Morgan fingerprint density at radius 1 is 1.39 bits per heavy atom. The number of fused-ring (bicyclic) bond motifs is 1. The largest absolute Gasteiger partial charge is 0.471 e. The molecular weight excluding hydrogens is 247 g/mol. The first kappa shape index (κ1) is 12.4. The molecule has 0 radical (unpaired) electrons. The molecule has 1 aromatic heterocycles. The second-order valence-electron chi connectivity index (χ2n) is 3.62. The van der Waals surface area contributed by atoms with E-state index in [4.69, 9.17) is 0 Å². The molecule has 1 heterocycles. The molecule has 0 fully saturated rings. The average Bonchev–Trinajstić information content (AvgIpc) is 2.64. The number of alkyl halides is 3. The van der Waals surface area contributed by atoms with Crippen LogP contribution in [0.3, 0.4) is 0 Å². The maximum absolute atomic E-state index is 12.2. The van der Waals surface area contributed by atoms with Crippen LogP contribution in [0.4, 0.5) is 19.1 Å². The first-order chi connectivity index (χ1) is 8.43. The van der Waals surface area contributed by atoms with Gasteiger partial charge in [-0.05, 0) is 19.1 Å². The fourth-order valence-electron chi connectivity index (χ4n) is 1.66. The first-order valence-electron chi connectivity index (χ1n) is 5.27. The minimum absolute atomic E-state index is 0.0963. The maximum atomic E-state index is 12.2. The number of anilines is 1. The summed E-state index contributed by atoms with van der Waals surface area (Å²) in [7, 11) is 0. The average molecular weight is 257 g/mol. The zero-order valence-corrected chi connectivity index (χ0v) is 9.45. The molecule has 0 aliphatic heterocycles. The zero-order chi connectivity index (χ0) is 13.3. The standard InChI is InChI=1S/C11H10F3N3O/c1-2-17-8-6-4-3-5-7(8)15-10(17)16-9(18)11(12,13)14/h3-6H,2H2,1H3,(H,15,16,18). The maximum Gasteiger partial charge on any atom is 0.471 e. The van der Waals surface area contributed by atoms with Crippen molar-refractivity contribution in [3.63, 3.8) is 0 Å². The van der Waals surface area contributed by atoms with Crippen LogP contribution in [-0.4, -0.2) is 21.6 Å². The van der Waals surface area contributed by atoms with Crippen molar-refractivity contribution in [2.45, 2.75) is 19.6 Å². The van der Waals surface area contributed by atoms with Gasteiger partial charge in [0.25, 0.3) is 0 Å². The molecule has 7 heteroatoms. The topological polar surface area (TPSA) is 46.9 Å². The van der Waals surface area contributed by atoms with Crippen LogP contribution in [0, 0.1) is 0 Å². The summed E-state index contributed by atoms with van der Waals surface area (Å²) in [5, 5.41) is 1.78. The summed E-state index contributed by atoms with van der Waals surface area (Å²) in [6, 6.07) is 6.88. The van der Waals surface area contributed by atoms with Crippen LogP contribution >= 0.6 is 0 Å². The van der Waals surface area contributed by atoms with Crippen LogP contribution in [-0.2, 0) is 11.3 Å². The van der Waals surface area contributed by atoms with E-state index in [0.717, 1.165) is 0 Å². The fourth-order valence-corrected chi connectivity index (χ4v) is 1.66. The number of nitrogens with one attached hydrogen (secondary N) is 1. The molecule has 1 aromatic carbocycles. The molecule has 18 heavy (non-hydrogen) atoms. The summed E-state index contributed by atoms with van der Waals surface area (Å²) < 4.78 is 38.0. The molecule has 0 atom stereocenters. The van der Waals surface area contributed by atoms with Crippen molar-refractivity contribution in [2.24, 2.45) is 0 Å². The minimum atomic E-state index is -4.92. The van der Waals surface area contributed by atoms with Crippen LogP contribution in [0.1, 0.15) is 6.92 Å². The zero-order valence-electron chi connectivity index (χ0n) is 9.45. The van der Waals surface area contributed by atoms with Crippen LogP contribution in [0.15, 0.2) is 24.3 Å². The van der Waals surface area contributed by atoms with E-state index in [1.807, 2.05) is 0 Å². The molecular formula is C11H10F3N3O. The van der Waals surface area contributed by atoms with Crippen LogP contribution in [0.5, 0.6) is 0 Å². The Balaban J connectivity index is 2.42. The SMILES string of the molecule is CCn1c(NC(=O)C(F)(F)F)nc2ccccc21.